The summed E-state index contributed by atoms with van der Waals surface area (Å²) in [7, 11) is -5.12. The first-order valence-electron chi connectivity index (χ1n) is 9.39. The van der Waals surface area contributed by atoms with Crippen molar-refractivity contribution in [2.45, 2.75) is 4.90 Å². The minimum absolute atomic E-state index is 0. The van der Waals surface area contributed by atoms with Crippen molar-refractivity contribution < 1.29 is 16.8 Å². The maximum Gasteiger partial charge on any atom is 0.243 e. The number of hydrogen-bond acceptors (Lipinski definition) is 6. The number of hydrogen-bond donors (Lipinski definition) is 1. The molecule has 1 aromatic heterocycles. The molecule has 4 rings (SSSR count). The molecule has 2 heterocycles. The molecule has 0 aliphatic carbocycles. The maximum atomic E-state index is 13.0. The Hall–Kier alpha value is -2.34. The van der Waals surface area contributed by atoms with Gasteiger partial charge in [-0.3, -0.25) is 4.72 Å². The fourth-order valence-electron chi connectivity index (χ4n) is 3.60. The van der Waals surface area contributed by atoms with Crippen LogP contribution in [0.5, 0.6) is 0 Å². The molecular weight excluding hydrogens is 462 g/mol. The third-order valence-electron chi connectivity index (χ3n) is 5.08. The highest BCUT2D eigenvalue weighted by atomic mass is 35.5. The lowest BCUT2D eigenvalue weighted by Crippen LogP contribution is -2.49. The maximum absolute atomic E-state index is 13.0. The fourth-order valence-corrected chi connectivity index (χ4v) is 5.59. The van der Waals surface area contributed by atoms with Crippen LogP contribution in [-0.2, 0) is 27.1 Å². The molecule has 0 spiro atoms. The molecular formula is C19H24ClN5O4S2. The molecule has 1 N–H and O–H groups in total. The van der Waals surface area contributed by atoms with Crippen LogP contribution in [0.4, 0.5) is 11.6 Å². The Balaban J connectivity index is 0.00000272. The molecule has 31 heavy (non-hydrogen) atoms. The van der Waals surface area contributed by atoms with E-state index in [1.165, 1.54) is 28.6 Å². The molecule has 1 aliphatic rings. The molecule has 1 aliphatic heterocycles. The number of sulfonamides is 2. The zero-order chi connectivity index (χ0) is 21.5. The van der Waals surface area contributed by atoms with Gasteiger partial charge in [0.15, 0.2) is 0 Å². The van der Waals surface area contributed by atoms with E-state index in [-0.39, 0.29) is 17.3 Å². The standard InChI is InChI=1S/C19H23N5O4S2.ClH/c1-22-18-6-4-3-5-17(18)20-19(22)23-11-13-24(14-12-23)30(27,28)16-9-7-15(8-10-16)21-29(2,25)26;/h3-10,21H,11-14H2,1-2H3;1H. The van der Waals surface area contributed by atoms with Gasteiger partial charge >= 0.3 is 0 Å². The molecule has 0 unspecified atom stereocenters. The van der Waals surface area contributed by atoms with Crippen molar-refractivity contribution in [3.63, 3.8) is 0 Å². The van der Waals surface area contributed by atoms with Gasteiger partial charge in [0.05, 0.1) is 22.2 Å². The summed E-state index contributed by atoms with van der Waals surface area (Å²) in [5.41, 5.74) is 2.27. The second kappa shape index (κ2) is 8.65. The first-order chi connectivity index (χ1) is 14.1. The number of piperazine rings is 1. The van der Waals surface area contributed by atoms with Crippen LogP contribution >= 0.6 is 12.4 Å². The number of aromatic nitrogens is 2. The van der Waals surface area contributed by atoms with E-state index in [1.807, 2.05) is 35.9 Å². The van der Waals surface area contributed by atoms with Crippen LogP contribution < -0.4 is 9.62 Å². The van der Waals surface area contributed by atoms with Gasteiger partial charge in [-0.05, 0) is 36.4 Å². The number of fused-ring (bicyclic) bond motifs is 1. The molecule has 2 aromatic carbocycles. The normalized spacial score (nSPS) is 15.6. The highest BCUT2D eigenvalue weighted by molar-refractivity contribution is 7.92. The highest BCUT2D eigenvalue weighted by Crippen LogP contribution is 2.24. The third kappa shape index (κ3) is 4.79. The summed E-state index contributed by atoms with van der Waals surface area (Å²) in [4.78, 5) is 6.91. The second-order valence-corrected chi connectivity index (χ2v) is 10.9. The number of aryl methyl sites for hydroxylation is 1. The minimum Gasteiger partial charge on any atom is -0.340 e. The van der Waals surface area contributed by atoms with Gasteiger partial charge in [-0.25, -0.2) is 21.8 Å². The lowest BCUT2D eigenvalue weighted by molar-refractivity contribution is 0.381. The first-order valence-corrected chi connectivity index (χ1v) is 12.7. The second-order valence-electron chi connectivity index (χ2n) is 7.25. The number of nitrogens with zero attached hydrogens (tertiary/aromatic N) is 4. The smallest absolute Gasteiger partial charge is 0.243 e. The largest absolute Gasteiger partial charge is 0.340 e. The molecule has 3 aromatic rings. The first kappa shape index (κ1) is 23.3. The lowest BCUT2D eigenvalue weighted by Gasteiger charge is -2.34. The van der Waals surface area contributed by atoms with Crippen molar-refractivity contribution in [1.29, 1.82) is 0 Å². The van der Waals surface area contributed by atoms with Gasteiger partial charge in [0.25, 0.3) is 0 Å². The predicted molar refractivity (Wildman–Crippen MR) is 124 cm³/mol. The molecule has 0 atom stereocenters. The molecule has 0 radical (unpaired) electrons. The van der Waals surface area contributed by atoms with Gasteiger partial charge in [0, 0.05) is 38.9 Å². The number of para-hydroxylation sites is 2. The molecule has 0 saturated carbocycles. The molecule has 12 heteroatoms. The number of benzene rings is 2. The third-order valence-corrected chi connectivity index (χ3v) is 7.60. The Morgan fingerprint density at radius 2 is 1.52 bits per heavy atom. The average molecular weight is 486 g/mol. The Morgan fingerprint density at radius 1 is 0.903 bits per heavy atom. The van der Waals surface area contributed by atoms with Crippen LogP contribution in [-0.4, -0.2) is 63.1 Å². The molecule has 9 nitrogen and oxygen atoms in total. The van der Waals surface area contributed by atoms with Gasteiger partial charge in [-0.15, -0.1) is 12.4 Å². The van der Waals surface area contributed by atoms with Crippen LogP contribution in [0.1, 0.15) is 0 Å². The molecule has 1 fully saturated rings. The lowest BCUT2D eigenvalue weighted by atomic mass is 10.3. The van der Waals surface area contributed by atoms with E-state index < -0.39 is 20.0 Å². The number of rotatable bonds is 5. The summed E-state index contributed by atoms with van der Waals surface area (Å²) in [5, 5.41) is 0. The van der Waals surface area contributed by atoms with Crippen molar-refractivity contribution in [2.24, 2.45) is 7.05 Å². The van der Waals surface area contributed by atoms with Crippen molar-refractivity contribution in [2.75, 3.05) is 42.1 Å². The Labute approximate surface area is 188 Å². The van der Waals surface area contributed by atoms with Crippen LogP contribution in [0, 0.1) is 0 Å². The average Bonchev–Trinajstić information content (AvgIpc) is 3.04. The van der Waals surface area contributed by atoms with E-state index in [9.17, 15) is 16.8 Å². The zero-order valence-electron chi connectivity index (χ0n) is 17.1. The summed E-state index contributed by atoms with van der Waals surface area (Å²) in [6.45, 7) is 1.75. The quantitative estimate of drug-likeness (QED) is 0.591. The van der Waals surface area contributed by atoms with Crippen LogP contribution in [0.2, 0.25) is 0 Å². The summed E-state index contributed by atoms with van der Waals surface area (Å²) in [5.74, 6) is 0.824. The van der Waals surface area contributed by atoms with Crippen molar-refractivity contribution in [3.8, 4) is 0 Å². The van der Waals surface area contributed by atoms with Gasteiger partial charge in [-0.2, -0.15) is 4.31 Å². The highest BCUT2D eigenvalue weighted by Gasteiger charge is 2.30. The van der Waals surface area contributed by atoms with E-state index in [2.05, 4.69) is 14.6 Å². The summed E-state index contributed by atoms with van der Waals surface area (Å²) in [6.07, 6.45) is 1.04. The van der Waals surface area contributed by atoms with Gasteiger partial charge in [0.1, 0.15) is 0 Å². The van der Waals surface area contributed by atoms with Gasteiger partial charge < -0.3 is 9.47 Å². The van der Waals surface area contributed by atoms with Crippen LogP contribution in [0.3, 0.4) is 0 Å². The minimum atomic E-state index is -3.66. The van der Waals surface area contributed by atoms with Gasteiger partial charge in [0.2, 0.25) is 26.0 Å². The summed E-state index contributed by atoms with van der Waals surface area (Å²) in [6, 6.07) is 13.6. The van der Waals surface area contributed by atoms with E-state index >= 15 is 0 Å². The van der Waals surface area contributed by atoms with Crippen molar-refractivity contribution in [1.82, 2.24) is 13.9 Å². The van der Waals surface area contributed by atoms with E-state index in [1.54, 1.807) is 0 Å². The zero-order valence-corrected chi connectivity index (χ0v) is 19.5. The van der Waals surface area contributed by atoms with E-state index in [0.717, 1.165) is 23.2 Å². The van der Waals surface area contributed by atoms with Crippen molar-refractivity contribution >= 4 is 55.1 Å². The summed E-state index contributed by atoms with van der Waals surface area (Å²) >= 11 is 0. The monoisotopic (exact) mass is 485 g/mol. The molecule has 168 valence electrons. The molecule has 0 amide bonds. The van der Waals surface area contributed by atoms with Gasteiger partial charge in [-0.1, -0.05) is 12.1 Å². The van der Waals surface area contributed by atoms with Crippen molar-refractivity contribution in [3.05, 3.63) is 48.5 Å². The Bertz CT molecular complexity index is 1280. The number of anilines is 2. The summed E-state index contributed by atoms with van der Waals surface area (Å²) < 4.78 is 54.4. The van der Waals surface area contributed by atoms with Crippen LogP contribution in [0.25, 0.3) is 11.0 Å². The van der Waals surface area contributed by atoms with E-state index in [0.29, 0.717) is 31.9 Å². The van der Waals surface area contributed by atoms with E-state index in [4.69, 9.17) is 0 Å². The fraction of sp³-hybridized carbons (Fsp3) is 0.316. The Morgan fingerprint density at radius 3 is 2.10 bits per heavy atom. The predicted octanol–water partition coefficient (Wildman–Crippen LogP) is 1.88. The molecule has 1 saturated heterocycles. The van der Waals surface area contributed by atoms with Crippen LogP contribution in [0.15, 0.2) is 53.4 Å². The number of halogens is 1. The SMILES string of the molecule is Cl.Cn1c(N2CCN(S(=O)(=O)c3ccc(NS(C)(=O)=O)cc3)CC2)nc2ccccc21. The number of nitrogens with one attached hydrogen (secondary N) is 1. The molecule has 0 bridgehead atoms. The topological polar surface area (TPSA) is 105 Å². The number of imidazole rings is 1. The Kier molecular flexibility index (Phi) is 6.51.